The van der Waals surface area contributed by atoms with E-state index in [4.69, 9.17) is 0 Å². The maximum atomic E-state index is 12.2. The van der Waals surface area contributed by atoms with Crippen molar-refractivity contribution >= 4 is 5.91 Å². The number of nitrogens with one attached hydrogen (secondary N) is 2. The highest BCUT2D eigenvalue weighted by molar-refractivity contribution is 5.80. The van der Waals surface area contributed by atoms with E-state index in [1.54, 1.807) is 11.8 Å². The van der Waals surface area contributed by atoms with Gasteiger partial charge in [0.05, 0.1) is 6.04 Å². The Morgan fingerprint density at radius 2 is 1.77 bits per heavy atom. The van der Waals surface area contributed by atoms with Crippen LogP contribution in [0.15, 0.2) is 54.6 Å². The van der Waals surface area contributed by atoms with Crippen LogP contribution in [0, 0.1) is 5.92 Å². The number of carbonyl (C=O) groups is 1. The molecule has 4 unspecified atom stereocenters. The number of amides is 1. The van der Waals surface area contributed by atoms with Crippen LogP contribution in [0.4, 0.5) is 0 Å². The third kappa shape index (κ3) is 3.26. The minimum absolute atomic E-state index is 0.162. The Labute approximate surface area is 154 Å². The van der Waals surface area contributed by atoms with Gasteiger partial charge in [-0.3, -0.25) is 10.2 Å². The summed E-state index contributed by atoms with van der Waals surface area (Å²) in [7, 11) is 0. The van der Waals surface area contributed by atoms with Crippen LogP contribution in [0.3, 0.4) is 0 Å². The third-order valence-corrected chi connectivity index (χ3v) is 5.56. The first-order valence-corrected chi connectivity index (χ1v) is 9.27. The van der Waals surface area contributed by atoms with Gasteiger partial charge in [0.25, 0.3) is 5.91 Å². The number of rotatable bonds is 3. The molecule has 4 rings (SSSR count). The monoisotopic (exact) mass is 351 g/mol. The number of aliphatic hydroxyl groups excluding tert-OH is 1. The van der Waals surface area contributed by atoms with E-state index in [-0.39, 0.29) is 11.9 Å². The van der Waals surface area contributed by atoms with Crippen molar-refractivity contribution in [2.45, 2.75) is 31.5 Å². The van der Waals surface area contributed by atoms with Crippen LogP contribution in [-0.2, 0) is 4.79 Å². The summed E-state index contributed by atoms with van der Waals surface area (Å²) in [5.74, 6) is 0.127. The summed E-state index contributed by atoms with van der Waals surface area (Å²) >= 11 is 0. The predicted molar refractivity (Wildman–Crippen MR) is 101 cm³/mol. The van der Waals surface area contributed by atoms with Crippen molar-refractivity contribution in [3.63, 3.8) is 0 Å². The van der Waals surface area contributed by atoms with Gasteiger partial charge < -0.3 is 10.0 Å². The fourth-order valence-electron chi connectivity index (χ4n) is 4.11. The highest BCUT2D eigenvalue weighted by Gasteiger charge is 2.41. The lowest BCUT2D eigenvalue weighted by atomic mass is 9.84. The predicted octanol–water partition coefficient (Wildman–Crippen LogP) is 2.10. The maximum absolute atomic E-state index is 12.2. The molecule has 136 valence electrons. The molecule has 0 spiro atoms. The van der Waals surface area contributed by atoms with Gasteiger partial charge in [-0.25, -0.2) is 5.43 Å². The lowest BCUT2D eigenvalue weighted by Gasteiger charge is -2.36. The zero-order valence-electron chi connectivity index (χ0n) is 14.9. The molecule has 2 aromatic rings. The fraction of sp³-hybridized carbons (Fsp3) is 0.381. The molecule has 2 heterocycles. The second kappa shape index (κ2) is 7.19. The third-order valence-electron chi connectivity index (χ3n) is 5.56. The van der Waals surface area contributed by atoms with Crippen molar-refractivity contribution in [1.29, 1.82) is 0 Å². The summed E-state index contributed by atoms with van der Waals surface area (Å²) in [5.41, 5.74) is 10.4. The molecule has 26 heavy (non-hydrogen) atoms. The molecule has 0 bridgehead atoms. The Morgan fingerprint density at radius 3 is 2.46 bits per heavy atom. The maximum Gasteiger partial charge on any atom is 0.251 e. The van der Waals surface area contributed by atoms with E-state index in [0.29, 0.717) is 25.0 Å². The van der Waals surface area contributed by atoms with Crippen molar-refractivity contribution < 1.29 is 9.90 Å². The first kappa shape index (κ1) is 17.2. The van der Waals surface area contributed by atoms with Gasteiger partial charge in [-0.1, -0.05) is 54.6 Å². The second-order valence-corrected chi connectivity index (χ2v) is 7.27. The standard InChI is InChI=1S/C21H25N3O2/c1-14(25)21(26)24-12-11-19-18(13-24)20(23-22-19)17-9-7-16(8-10-17)15-5-3-2-4-6-15/h2-10,14,18-20,22-23,25H,11-13H2,1H3. The lowest BCUT2D eigenvalue weighted by molar-refractivity contribution is -0.141. The van der Waals surface area contributed by atoms with Gasteiger partial charge in [0.2, 0.25) is 0 Å². The minimum Gasteiger partial charge on any atom is -0.384 e. The lowest BCUT2D eigenvalue weighted by Crippen LogP contribution is -2.50. The highest BCUT2D eigenvalue weighted by atomic mass is 16.3. The Bertz CT molecular complexity index is 761. The van der Waals surface area contributed by atoms with Crippen LogP contribution < -0.4 is 10.9 Å². The number of hydrogen-bond acceptors (Lipinski definition) is 4. The molecule has 5 heteroatoms. The molecule has 2 saturated heterocycles. The Morgan fingerprint density at radius 1 is 1.08 bits per heavy atom. The minimum atomic E-state index is -0.933. The van der Waals surface area contributed by atoms with Crippen molar-refractivity contribution in [2.75, 3.05) is 13.1 Å². The van der Waals surface area contributed by atoms with Crippen molar-refractivity contribution in [1.82, 2.24) is 15.8 Å². The van der Waals surface area contributed by atoms with Crippen LogP contribution in [0.25, 0.3) is 11.1 Å². The molecule has 2 aliphatic rings. The summed E-state index contributed by atoms with van der Waals surface area (Å²) in [6.45, 7) is 2.90. The van der Waals surface area contributed by atoms with Crippen LogP contribution in [0.2, 0.25) is 0 Å². The van der Waals surface area contributed by atoms with Gasteiger partial charge in [-0.05, 0) is 30.0 Å². The molecule has 3 N–H and O–H groups in total. The van der Waals surface area contributed by atoms with Gasteiger partial charge >= 0.3 is 0 Å². The summed E-state index contributed by atoms with van der Waals surface area (Å²) in [5, 5.41) is 9.61. The van der Waals surface area contributed by atoms with Crippen molar-refractivity contribution in [3.05, 3.63) is 60.2 Å². The number of benzene rings is 2. The van der Waals surface area contributed by atoms with Crippen LogP contribution >= 0.6 is 0 Å². The SMILES string of the molecule is CC(O)C(=O)N1CCC2NNC(c3ccc(-c4ccccc4)cc3)C2C1. The van der Waals surface area contributed by atoms with Crippen molar-refractivity contribution in [2.24, 2.45) is 5.92 Å². The van der Waals surface area contributed by atoms with E-state index in [2.05, 4.69) is 47.2 Å². The molecule has 1 amide bonds. The first-order chi connectivity index (χ1) is 12.6. The van der Waals surface area contributed by atoms with Crippen LogP contribution in [0.1, 0.15) is 24.9 Å². The number of hydrogen-bond donors (Lipinski definition) is 3. The van der Waals surface area contributed by atoms with Gasteiger partial charge in [-0.2, -0.15) is 0 Å². The molecular formula is C21H25N3O2. The van der Waals surface area contributed by atoms with E-state index in [1.165, 1.54) is 16.7 Å². The average molecular weight is 351 g/mol. The van der Waals surface area contributed by atoms with Crippen LogP contribution in [0.5, 0.6) is 0 Å². The first-order valence-electron chi connectivity index (χ1n) is 9.27. The summed E-state index contributed by atoms with van der Waals surface area (Å²) < 4.78 is 0. The van der Waals surface area contributed by atoms with Gasteiger partial charge in [0, 0.05) is 25.0 Å². The number of carbonyl (C=O) groups excluding carboxylic acids is 1. The van der Waals surface area contributed by atoms with E-state index in [0.717, 1.165) is 6.42 Å². The normalized spacial score (nSPS) is 26.4. The molecule has 2 aromatic carbocycles. The summed E-state index contributed by atoms with van der Waals surface area (Å²) in [4.78, 5) is 14.0. The van der Waals surface area contributed by atoms with Crippen molar-refractivity contribution in [3.8, 4) is 11.1 Å². The highest BCUT2D eigenvalue weighted by Crippen LogP contribution is 2.34. The summed E-state index contributed by atoms with van der Waals surface area (Å²) in [6, 6.07) is 19.5. The second-order valence-electron chi connectivity index (χ2n) is 7.27. The van der Waals surface area contributed by atoms with Gasteiger partial charge in [-0.15, -0.1) is 0 Å². The Hall–Kier alpha value is -2.21. The zero-order chi connectivity index (χ0) is 18.1. The topological polar surface area (TPSA) is 64.6 Å². The summed E-state index contributed by atoms with van der Waals surface area (Å²) in [6.07, 6.45) is -0.0353. The van der Waals surface area contributed by atoms with Crippen LogP contribution in [-0.4, -0.2) is 41.1 Å². The number of likely N-dealkylation sites (tertiary alicyclic amines) is 1. The van der Waals surface area contributed by atoms with E-state index in [1.807, 2.05) is 18.2 Å². The van der Waals surface area contributed by atoms with E-state index >= 15 is 0 Å². The van der Waals surface area contributed by atoms with E-state index in [9.17, 15) is 9.90 Å². The fourth-order valence-corrected chi connectivity index (χ4v) is 4.11. The molecule has 0 radical (unpaired) electrons. The number of piperidine rings is 1. The molecular weight excluding hydrogens is 326 g/mol. The largest absolute Gasteiger partial charge is 0.384 e. The average Bonchev–Trinajstić information content (AvgIpc) is 3.11. The molecule has 0 aliphatic carbocycles. The number of nitrogens with zero attached hydrogens (tertiary/aromatic N) is 1. The number of fused-ring (bicyclic) bond motifs is 1. The van der Waals surface area contributed by atoms with Gasteiger partial charge in [0.15, 0.2) is 0 Å². The Kier molecular flexibility index (Phi) is 4.76. The van der Waals surface area contributed by atoms with Gasteiger partial charge in [0.1, 0.15) is 6.10 Å². The quantitative estimate of drug-likeness (QED) is 0.792. The molecule has 2 aliphatic heterocycles. The molecule has 0 saturated carbocycles. The molecule has 2 fully saturated rings. The molecule has 4 atom stereocenters. The smallest absolute Gasteiger partial charge is 0.251 e. The zero-order valence-corrected chi connectivity index (χ0v) is 14.9. The number of aliphatic hydroxyl groups is 1. The Balaban J connectivity index is 1.51. The number of hydrazine groups is 1. The molecule has 5 nitrogen and oxygen atoms in total. The van der Waals surface area contributed by atoms with E-state index < -0.39 is 6.10 Å². The molecule has 0 aromatic heterocycles.